The summed E-state index contributed by atoms with van der Waals surface area (Å²) >= 11 is 0. The molecular formula is C17H21NO2. The van der Waals surface area contributed by atoms with E-state index < -0.39 is 0 Å². The van der Waals surface area contributed by atoms with E-state index in [-0.39, 0.29) is 5.60 Å². The molecule has 0 aliphatic heterocycles. The third-order valence-corrected chi connectivity index (χ3v) is 2.60. The van der Waals surface area contributed by atoms with Gasteiger partial charge in [-0.05, 0) is 51.5 Å². The minimum Gasteiger partial charge on any atom is -0.489 e. The van der Waals surface area contributed by atoms with Gasteiger partial charge in [0, 0.05) is 17.8 Å². The molecule has 0 aliphatic carbocycles. The Labute approximate surface area is 120 Å². The van der Waals surface area contributed by atoms with Gasteiger partial charge in [-0.3, -0.25) is 0 Å². The Balaban J connectivity index is 1.94. The first-order valence-corrected chi connectivity index (χ1v) is 6.76. The van der Waals surface area contributed by atoms with Crippen molar-refractivity contribution < 1.29 is 9.47 Å². The quantitative estimate of drug-likeness (QED) is 0.837. The summed E-state index contributed by atoms with van der Waals surface area (Å²) in [5.41, 5.74) is 1.98. The number of ether oxygens (including phenoxy) is 2. The van der Waals surface area contributed by atoms with Crippen molar-refractivity contribution in [2.75, 3.05) is 0 Å². The average Bonchev–Trinajstić information content (AvgIpc) is 2.36. The molecule has 0 amide bonds. The fourth-order valence-electron chi connectivity index (χ4n) is 1.74. The van der Waals surface area contributed by atoms with Crippen molar-refractivity contribution in [3.63, 3.8) is 0 Å². The molecule has 1 heterocycles. The van der Waals surface area contributed by atoms with Crippen LogP contribution in [-0.4, -0.2) is 10.6 Å². The minimum atomic E-state index is -0.230. The molecule has 0 bridgehead atoms. The molecule has 3 heteroatoms. The molecule has 106 valence electrons. The van der Waals surface area contributed by atoms with Crippen LogP contribution in [0.3, 0.4) is 0 Å². The van der Waals surface area contributed by atoms with Gasteiger partial charge in [-0.1, -0.05) is 12.1 Å². The maximum atomic E-state index is 5.73. The Kier molecular flexibility index (Phi) is 4.28. The lowest BCUT2D eigenvalue weighted by Crippen LogP contribution is -2.23. The number of hydrogen-bond donors (Lipinski definition) is 0. The molecule has 0 spiro atoms. The maximum absolute atomic E-state index is 5.73. The lowest BCUT2D eigenvalue weighted by atomic mass is 10.2. The molecule has 0 saturated heterocycles. The highest BCUT2D eigenvalue weighted by Gasteiger charge is 2.12. The number of benzene rings is 1. The fraction of sp³-hybridized carbons (Fsp3) is 0.353. The lowest BCUT2D eigenvalue weighted by Gasteiger charge is -2.20. The summed E-state index contributed by atoms with van der Waals surface area (Å²) in [5, 5.41) is 0. The van der Waals surface area contributed by atoms with Gasteiger partial charge in [0.05, 0.1) is 0 Å². The van der Waals surface area contributed by atoms with Crippen LogP contribution >= 0.6 is 0 Å². The second kappa shape index (κ2) is 5.95. The molecule has 0 saturated carbocycles. The van der Waals surface area contributed by atoms with E-state index in [9.17, 15) is 0 Å². The van der Waals surface area contributed by atoms with Gasteiger partial charge < -0.3 is 9.47 Å². The topological polar surface area (TPSA) is 31.4 Å². The Morgan fingerprint density at radius 3 is 2.50 bits per heavy atom. The Morgan fingerprint density at radius 2 is 1.90 bits per heavy atom. The van der Waals surface area contributed by atoms with E-state index in [0.717, 1.165) is 11.3 Å². The molecule has 0 fully saturated rings. The van der Waals surface area contributed by atoms with Crippen LogP contribution in [0.4, 0.5) is 0 Å². The summed E-state index contributed by atoms with van der Waals surface area (Å²) < 4.78 is 11.4. The zero-order chi connectivity index (χ0) is 14.6. The summed E-state index contributed by atoms with van der Waals surface area (Å²) in [4.78, 5) is 4.29. The lowest BCUT2D eigenvalue weighted by molar-refractivity contribution is 0.124. The number of rotatable bonds is 4. The summed E-state index contributed by atoms with van der Waals surface area (Å²) in [5.74, 6) is 1.51. The van der Waals surface area contributed by atoms with Crippen LogP contribution in [0, 0.1) is 6.92 Å². The van der Waals surface area contributed by atoms with Gasteiger partial charge in [0.15, 0.2) is 0 Å². The molecule has 1 aromatic carbocycles. The third kappa shape index (κ3) is 4.57. The molecule has 0 N–H and O–H groups in total. The van der Waals surface area contributed by atoms with Crippen molar-refractivity contribution in [3.8, 4) is 11.6 Å². The first-order chi connectivity index (χ1) is 9.42. The van der Waals surface area contributed by atoms with E-state index in [4.69, 9.17) is 9.47 Å². The summed E-state index contributed by atoms with van der Waals surface area (Å²) in [6.07, 6.45) is 1.79. The van der Waals surface area contributed by atoms with Crippen molar-refractivity contribution in [1.29, 1.82) is 0 Å². The first-order valence-electron chi connectivity index (χ1n) is 6.76. The van der Waals surface area contributed by atoms with Gasteiger partial charge in [-0.25, -0.2) is 4.98 Å². The highest BCUT2D eigenvalue weighted by molar-refractivity contribution is 5.28. The molecule has 0 radical (unpaired) electrons. The van der Waals surface area contributed by atoms with Crippen LogP contribution in [0.15, 0.2) is 42.6 Å². The minimum absolute atomic E-state index is 0.230. The van der Waals surface area contributed by atoms with E-state index in [2.05, 4.69) is 4.98 Å². The van der Waals surface area contributed by atoms with Crippen molar-refractivity contribution >= 4 is 0 Å². The Bertz CT molecular complexity index is 556. The monoisotopic (exact) mass is 271 g/mol. The zero-order valence-electron chi connectivity index (χ0n) is 12.5. The van der Waals surface area contributed by atoms with Crippen molar-refractivity contribution in [3.05, 3.63) is 53.7 Å². The number of hydrogen-bond acceptors (Lipinski definition) is 3. The predicted molar refractivity (Wildman–Crippen MR) is 80.1 cm³/mol. The molecule has 2 rings (SSSR count). The van der Waals surface area contributed by atoms with E-state index in [1.54, 1.807) is 6.20 Å². The van der Waals surface area contributed by atoms with Gasteiger partial charge >= 0.3 is 0 Å². The van der Waals surface area contributed by atoms with Crippen LogP contribution in [0.5, 0.6) is 11.6 Å². The van der Waals surface area contributed by atoms with Crippen LogP contribution in [0.2, 0.25) is 0 Å². The largest absolute Gasteiger partial charge is 0.489 e. The molecule has 1 aromatic heterocycles. The summed E-state index contributed by atoms with van der Waals surface area (Å²) in [6, 6.07) is 11.9. The second-order valence-corrected chi connectivity index (χ2v) is 5.82. The molecule has 0 aliphatic rings. The van der Waals surface area contributed by atoms with Gasteiger partial charge in [0.2, 0.25) is 5.88 Å². The fourth-order valence-corrected chi connectivity index (χ4v) is 1.74. The number of aryl methyl sites for hydroxylation is 1. The molecule has 3 nitrogen and oxygen atoms in total. The van der Waals surface area contributed by atoms with E-state index in [1.165, 1.54) is 5.56 Å². The normalized spacial score (nSPS) is 11.2. The number of pyridine rings is 1. The van der Waals surface area contributed by atoms with Gasteiger partial charge in [0.1, 0.15) is 18.0 Å². The highest BCUT2D eigenvalue weighted by Crippen LogP contribution is 2.17. The zero-order valence-corrected chi connectivity index (χ0v) is 12.5. The van der Waals surface area contributed by atoms with Crippen LogP contribution in [0.25, 0.3) is 0 Å². The van der Waals surface area contributed by atoms with Crippen LogP contribution in [0.1, 0.15) is 31.9 Å². The maximum Gasteiger partial charge on any atom is 0.213 e. The molecule has 0 unspecified atom stereocenters. The standard InChI is InChI=1S/C17H21NO2/c1-13-6-5-7-15(10-13)19-12-14-8-9-16(18-11-14)20-17(2,3)4/h5-11H,12H2,1-4H3. The van der Waals surface area contributed by atoms with E-state index >= 15 is 0 Å². The number of nitrogens with zero attached hydrogens (tertiary/aromatic N) is 1. The Morgan fingerprint density at radius 1 is 1.10 bits per heavy atom. The average molecular weight is 271 g/mol. The summed E-state index contributed by atoms with van der Waals surface area (Å²) in [7, 11) is 0. The van der Waals surface area contributed by atoms with Gasteiger partial charge in [-0.2, -0.15) is 0 Å². The summed E-state index contributed by atoms with van der Waals surface area (Å²) in [6.45, 7) is 8.57. The van der Waals surface area contributed by atoms with Crippen molar-refractivity contribution in [2.45, 2.75) is 39.9 Å². The molecule has 2 aromatic rings. The van der Waals surface area contributed by atoms with Crippen LogP contribution < -0.4 is 9.47 Å². The predicted octanol–water partition coefficient (Wildman–Crippen LogP) is 4.15. The molecule has 20 heavy (non-hydrogen) atoms. The molecular weight excluding hydrogens is 250 g/mol. The third-order valence-electron chi connectivity index (χ3n) is 2.60. The Hall–Kier alpha value is -2.03. The second-order valence-electron chi connectivity index (χ2n) is 5.82. The van der Waals surface area contributed by atoms with Crippen LogP contribution in [-0.2, 0) is 6.61 Å². The highest BCUT2D eigenvalue weighted by atomic mass is 16.5. The molecule has 0 atom stereocenters. The SMILES string of the molecule is Cc1cccc(OCc2ccc(OC(C)(C)C)nc2)c1. The van der Waals surface area contributed by atoms with Gasteiger partial charge in [0.25, 0.3) is 0 Å². The van der Waals surface area contributed by atoms with Crippen molar-refractivity contribution in [1.82, 2.24) is 4.98 Å². The van der Waals surface area contributed by atoms with Crippen molar-refractivity contribution in [2.24, 2.45) is 0 Å². The van der Waals surface area contributed by atoms with E-state index in [0.29, 0.717) is 12.5 Å². The first kappa shape index (κ1) is 14.4. The van der Waals surface area contributed by atoms with Gasteiger partial charge in [-0.15, -0.1) is 0 Å². The van der Waals surface area contributed by atoms with E-state index in [1.807, 2.05) is 64.1 Å². The smallest absolute Gasteiger partial charge is 0.213 e. The number of aromatic nitrogens is 1.